The number of halogens is 1. The van der Waals surface area contributed by atoms with Crippen LogP contribution in [0.25, 0.3) is 0 Å². The highest BCUT2D eigenvalue weighted by Crippen LogP contribution is 2.03. The van der Waals surface area contributed by atoms with Gasteiger partial charge in [0.05, 0.1) is 0 Å². The molecular weight excluding hydrogens is 191 g/mol. The van der Waals surface area contributed by atoms with Crippen LogP contribution in [0.3, 0.4) is 0 Å². The van der Waals surface area contributed by atoms with Gasteiger partial charge in [-0.05, 0) is 56.6 Å². The van der Waals surface area contributed by atoms with E-state index in [0.717, 1.165) is 44.5 Å². The Morgan fingerprint density at radius 2 is 2.07 bits per heavy atom. The summed E-state index contributed by atoms with van der Waals surface area (Å²) in [6.07, 6.45) is 3.05. The van der Waals surface area contributed by atoms with Crippen molar-refractivity contribution < 1.29 is 4.39 Å². The van der Waals surface area contributed by atoms with Crippen LogP contribution in [0.1, 0.15) is 18.4 Å². The van der Waals surface area contributed by atoms with Crippen LogP contribution >= 0.6 is 0 Å². The van der Waals surface area contributed by atoms with Crippen LogP contribution in [-0.4, -0.2) is 19.6 Å². The summed E-state index contributed by atoms with van der Waals surface area (Å²) in [6, 6.07) is 6.75. The van der Waals surface area contributed by atoms with Crippen molar-refractivity contribution in [3.63, 3.8) is 0 Å². The van der Waals surface area contributed by atoms with Gasteiger partial charge >= 0.3 is 0 Å². The molecule has 1 rings (SSSR count). The molecule has 0 saturated heterocycles. The Morgan fingerprint density at radius 3 is 2.80 bits per heavy atom. The second kappa shape index (κ2) is 7.37. The highest BCUT2D eigenvalue weighted by atomic mass is 19.1. The summed E-state index contributed by atoms with van der Waals surface area (Å²) in [4.78, 5) is 0. The Balaban J connectivity index is 2.10. The zero-order chi connectivity index (χ0) is 10.9. The van der Waals surface area contributed by atoms with Gasteiger partial charge in [0, 0.05) is 0 Å². The molecule has 1 aromatic carbocycles. The molecule has 1 aromatic rings. The molecule has 0 atom stereocenters. The Morgan fingerprint density at radius 1 is 1.20 bits per heavy atom. The van der Waals surface area contributed by atoms with E-state index < -0.39 is 0 Å². The van der Waals surface area contributed by atoms with Gasteiger partial charge in [-0.15, -0.1) is 0 Å². The van der Waals surface area contributed by atoms with Gasteiger partial charge < -0.3 is 11.1 Å². The first-order valence-electron chi connectivity index (χ1n) is 5.48. The number of hydrogen-bond acceptors (Lipinski definition) is 2. The number of benzene rings is 1. The van der Waals surface area contributed by atoms with Crippen LogP contribution < -0.4 is 11.1 Å². The van der Waals surface area contributed by atoms with Crippen molar-refractivity contribution in [3.8, 4) is 0 Å². The predicted octanol–water partition coefficient (Wildman–Crippen LogP) is 1.70. The Labute approximate surface area is 90.7 Å². The van der Waals surface area contributed by atoms with Crippen LogP contribution in [0.4, 0.5) is 4.39 Å². The van der Waals surface area contributed by atoms with Gasteiger partial charge in [-0.25, -0.2) is 4.39 Å². The number of nitrogens with two attached hydrogens (primary N) is 1. The van der Waals surface area contributed by atoms with Crippen LogP contribution in [0.15, 0.2) is 24.3 Å². The van der Waals surface area contributed by atoms with E-state index in [0.29, 0.717) is 0 Å². The molecule has 0 heterocycles. The summed E-state index contributed by atoms with van der Waals surface area (Å²) < 4.78 is 12.8. The van der Waals surface area contributed by atoms with E-state index in [-0.39, 0.29) is 5.82 Å². The monoisotopic (exact) mass is 210 g/mol. The van der Waals surface area contributed by atoms with E-state index in [1.165, 1.54) is 6.07 Å². The van der Waals surface area contributed by atoms with Crippen molar-refractivity contribution in [2.45, 2.75) is 19.3 Å². The second-order valence-electron chi connectivity index (χ2n) is 3.63. The van der Waals surface area contributed by atoms with Crippen molar-refractivity contribution in [2.75, 3.05) is 19.6 Å². The molecule has 3 N–H and O–H groups in total. The third kappa shape index (κ3) is 5.50. The minimum Gasteiger partial charge on any atom is -0.330 e. The highest BCUT2D eigenvalue weighted by Gasteiger charge is 1.94. The average Bonchev–Trinajstić information content (AvgIpc) is 2.23. The maximum Gasteiger partial charge on any atom is 0.123 e. The first-order chi connectivity index (χ1) is 7.33. The lowest BCUT2D eigenvalue weighted by atomic mass is 10.1. The van der Waals surface area contributed by atoms with Crippen molar-refractivity contribution in [1.29, 1.82) is 0 Å². The average molecular weight is 210 g/mol. The largest absolute Gasteiger partial charge is 0.330 e. The third-order valence-electron chi connectivity index (χ3n) is 2.29. The number of rotatable bonds is 7. The lowest BCUT2D eigenvalue weighted by molar-refractivity contribution is 0.615. The predicted molar refractivity (Wildman–Crippen MR) is 61.3 cm³/mol. The fraction of sp³-hybridized carbons (Fsp3) is 0.500. The minimum atomic E-state index is -0.157. The second-order valence-corrected chi connectivity index (χ2v) is 3.63. The molecule has 0 amide bonds. The Kier molecular flexibility index (Phi) is 5.97. The van der Waals surface area contributed by atoms with Crippen molar-refractivity contribution in [3.05, 3.63) is 35.6 Å². The molecule has 0 aliphatic rings. The fourth-order valence-electron chi connectivity index (χ4n) is 1.44. The molecule has 0 aliphatic heterocycles. The third-order valence-corrected chi connectivity index (χ3v) is 2.29. The molecule has 0 bridgehead atoms. The van der Waals surface area contributed by atoms with Gasteiger partial charge in [0.15, 0.2) is 0 Å². The lowest BCUT2D eigenvalue weighted by Gasteiger charge is -2.04. The molecule has 0 aromatic heterocycles. The smallest absolute Gasteiger partial charge is 0.123 e. The van der Waals surface area contributed by atoms with Crippen molar-refractivity contribution >= 4 is 0 Å². The Hall–Kier alpha value is -0.930. The summed E-state index contributed by atoms with van der Waals surface area (Å²) in [5, 5.41) is 3.31. The standard InChI is InChI=1S/C12H19FN2/c13-12-5-3-4-11(10-12)6-9-15-8-2-1-7-14/h3-5,10,15H,1-2,6-9,14H2. The molecule has 0 aliphatic carbocycles. The van der Waals surface area contributed by atoms with Crippen LogP contribution in [0.2, 0.25) is 0 Å². The SMILES string of the molecule is NCCCCNCCc1cccc(F)c1. The number of hydrogen-bond donors (Lipinski definition) is 2. The zero-order valence-corrected chi connectivity index (χ0v) is 9.01. The van der Waals surface area contributed by atoms with E-state index in [9.17, 15) is 4.39 Å². The molecule has 84 valence electrons. The number of unbranched alkanes of at least 4 members (excludes halogenated alkanes) is 1. The molecule has 0 spiro atoms. The normalized spacial score (nSPS) is 10.5. The van der Waals surface area contributed by atoms with Gasteiger partial charge in [-0.1, -0.05) is 12.1 Å². The van der Waals surface area contributed by atoms with E-state index in [1.807, 2.05) is 6.07 Å². The first-order valence-corrected chi connectivity index (χ1v) is 5.48. The van der Waals surface area contributed by atoms with Gasteiger partial charge in [-0.3, -0.25) is 0 Å². The Bertz CT molecular complexity index is 276. The van der Waals surface area contributed by atoms with Crippen LogP contribution in [0.5, 0.6) is 0 Å². The maximum atomic E-state index is 12.8. The minimum absolute atomic E-state index is 0.157. The van der Waals surface area contributed by atoms with E-state index >= 15 is 0 Å². The fourth-order valence-corrected chi connectivity index (χ4v) is 1.44. The molecule has 15 heavy (non-hydrogen) atoms. The van der Waals surface area contributed by atoms with E-state index in [2.05, 4.69) is 5.32 Å². The summed E-state index contributed by atoms with van der Waals surface area (Å²) in [5.74, 6) is -0.157. The van der Waals surface area contributed by atoms with E-state index in [1.54, 1.807) is 12.1 Å². The molecule has 0 radical (unpaired) electrons. The van der Waals surface area contributed by atoms with E-state index in [4.69, 9.17) is 5.73 Å². The number of nitrogens with one attached hydrogen (secondary N) is 1. The zero-order valence-electron chi connectivity index (χ0n) is 9.01. The summed E-state index contributed by atoms with van der Waals surface area (Å²) in [6.45, 7) is 2.64. The molecular formula is C12H19FN2. The summed E-state index contributed by atoms with van der Waals surface area (Å²) in [7, 11) is 0. The maximum absolute atomic E-state index is 12.8. The molecule has 0 saturated carbocycles. The topological polar surface area (TPSA) is 38.0 Å². The van der Waals surface area contributed by atoms with Gasteiger partial charge in [0.2, 0.25) is 0 Å². The van der Waals surface area contributed by atoms with Gasteiger partial charge in [0.25, 0.3) is 0 Å². The molecule has 0 fully saturated rings. The first kappa shape index (κ1) is 12.1. The van der Waals surface area contributed by atoms with Crippen LogP contribution in [0, 0.1) is 5.82 Å². The molecule has 0 unspecified atom stereocenters. The summed E-state index contributed by atoms with van der Waals surface area (Å²) in [5.41, 5.74) is 6.42. The van der Waals surface area contributed by atoms with Gasteiger partial charge in [0.1, 0.15) is 5.82 Å². The summed E-state index contributed by atoms with van der Waals surface area (Å²) >= 11 is 0. The van der Waals surface area contributed by atoms with Crippen molar-refractivity contribution in [2.24, 2.45) is 5.73 Å². The quantitative estimate of drug-likeness (QED) is 0.672. The lowest BCUT2D eigenvalue weighted by Crippen LogP contribution is -2.19. The van der Waals surface area contributed by atoms with Gasteiger partial charge in [-0.2, -0.15) is 0 Å². The highest BCUT2D eigenvalue weighted by molar-refractivity contribution is 5.16. The van der Waals surface area contributed by atoms with Crippen molar-refractivity contribution in [1.82, 2.24) is 5.32 Å². The molecule has 2 nitrogen and oxygen atoms in total. The molecule has 3 heteroatoms. The van der Waals surface area contributed by atoms with Crippen LogP contribution in [-0.2, 0) is 6.42 Å².